The van der Waals surface area contributed by atoms with E-state index < -0.39 is 77.3 Å². The SMILES string of the molecule is COC(=O)[C@@H](NC(=O)N1C(=O)[C@@]2(c3cc(C#Cc4ccc(OC)cc4)ccc31)[C@H](c1ccccc1OCCO)N1[C@H](c3ccccc3)[C@H](c3ccccc3)OC(=O)[C@H]1[C@@H]2C(=O)N1CCN(Cc2ccc3c(c2)OCO3)CC1)C(C)C. The molecule has 4 amide bonds. The summed E-state index contributed by atoms with van der Waals surface area (Å²) in [5, 5.41) is 13.1. The summed E-state index contributed by atoms with van der Waals surface area (Å²) in [4.78, 5) is 85.3. The van der Waals surface area contributed by atoms with Gasteiger partial charge in [-0.05, 0) is 88.8 Å². The lowest BCUT2D eigenvalue weighted by molar-refractivity contribution is -0.179. The number of hydrogen-bond donors (Lipinski definition) is 2. The van der Waals surface area contributed by atoms with Crippen molar-refractivity contribution in [2.75, 3.05) is 65.3 Å². The van der Waals surface area contributed by atoms with Crippen molar-refractivity contribution in [2.24, 2.45) is 11.8 Å². The number of carbonyl (C=O) groups is 5. The Morgan fingerprint density at radius 3 is 2.14 bits per heavy atom. The van der Waals surface area contributed by atoms with Crippen molar-refractivity contribution >= 4 is 35.5 Å². The van der Waals surface area contributed by atoms with E-state index in [4.69, 9.17) is 28.4 Å². The van der Waals surface area contributed by atoms with Gasteiger partial charge < -0.3 is 43.7 Å². The molecule has 5 heterocycles. The molecule has 0 radical (unpaired) electrons. The average Bonchev–Trinajstić information content (AvgIpc) is 4.31. The first-order valence-corrected chi connectivity index (χ1v) is 26.8. The molecule has 5 aliphatic heterocycles. The highest BCUT2D eigenvalue weighted by Crippen LogP contribution is 2.67. The Bertz CT molecular complexity index is 3380. The highest BCUT2D eigenvalue weighted by molar-refractivity contribution is 6.25. The molecular weight excluding hydrogens is 1020 g/mol. The minimum absolute atomic E-state index is 0.115. The van der Waals surface area contributed by atoms with Gasteiger partial charge in [0.05, 0.1) is 44.5 Å². The number of benzene rings is 6. The Balaban J connectivity index is 1.15. The van der Waals surface area contributed by atoms with Crippen LogP contribution in [0, 0.1) is 23.7 Å². The van der Waals surface area contributed by atoms with Crippen molar-refractivity contribution in [3.8, 4) is 34.8 Å². The molecule has 0 aromatic heterocycles. The number of morpholine rings is 1. The molecule has 5 aliphatic rings. The maximum atomic E-state index is 17.1. The van der Waals surface area contributed by atoms with Crippen molar-refractivity contribution in [3.63, 3.8) is 0 Å². The smallest absolute Gasteiger partial charge is 0.329 e. The van der Waals surface area contributed by atoms with Gasteiger partial charge in [0.1, 0.15) is 41.7 Å². The second kappa shape index (κ2) is 22.6. The molecule has 6 aromatic carbocycles. The van der Waals surface area contributed by atoms with Crippen LogP contribution in [-0.2, 0) is 40.6 Å². The van der Waals surface area contributed by atoms with Crippen LogP contribution in [-0.4, -0.2) is 122 Å². The van der Waals surface area contributed by atoms with Crippen LogP contribution in [0.25, 0.3) is 0 Å². The third-order valence-electron chi connectivity index (χ3n) is 15.9. The molecule has 0 saturated carbocycles. The Morgan fingerprint density at radius 2 is 1.44 bits per heavy atom. The van der Waals surface area contributed by atoms with Crippen molar-refractivity contribution in [1.29, 1.82) is 0 Å². The largest absolute Gasteiger partial charge is 0.497 e. The molecule has 0 unspecified atom stereocenters. The van der Waals surface area contributed by atoms with Crippen LogP contribution in [0.4, 0.5) is 10.5 Å². The Hall–Kier alpha value is -8.69. The van der Waals surface area contributed by atoms with Gasteiger partial charge in [-0.3, -0.25) is 24.2 Å². The number of aliphatic hydroxyl groups excluding tert-OH is 1. The van der Waals surface area contributed by atoms with Crippen LogP contribution >= 0.6 is 0 Å². The first-order valence-electron chi connectivity index (χ1n) is 26.8. The lowest BCUT2D eigenvalue weighted by Gasteiger charge is -2.46. The van der Waals surface area contributed by atoms with Gasteiger partial charge in [0.2, 0.25) is 18.6 Å². The quantitative estimate of drug-likeness (QED) is 0.0881. The minimum Gasteiger partial charge on any atom is -0.497 e. The zero-order valence-electron chi connectivity index (χ0n) is 44.8. The summed E-state index contributed by atoms with van der Waals surface area (Å²) in [5.41, 5.74) is 2.08. The van der Waals surface area contributed by atoms with Gasteiger partial charge in [-0.15, -0.1) is 0 Å². The molecular formula is C63H61N5O12. The lowest BCUT2D eigenvalue weighted by atomic mass is 9.64. The van der Waals surface area contributed by atoms with Gasteiger partial charge in [-0.2, -0.15) is 0 Å². The van der Waals surface area contributed by atoms with E-state index in [0.29, 0.717) is 59.1 Å². The number of urea groups is 1. The molecule has 0 aliphatic carbocycles. The number of hydrogen-bond acceptors (Lipinski definition) is 14. The van der Waals surface area contributed by atoms with Crippen molar-refractivity contribution in [3.05, 3.63) is 185 Å². The number of cyclic esters (lactones) is 1. The van der Waals surface area contributed by atoms with Gasteiger partial charge >= 0.3 is 18.0 Å². The molecule has 1 spiro atoms. The van der Waals surface area contributed by atoms with Gasteiger partial charge in [-0.25, -0.2) is 14.5 Å². The van der Waals surface area contributed by atoms with Crippen LogP contribution in [0.1, 0.15) is 71.0 Å². The predicted molar refractivity (Wildman–Crippen MR) is 294 cm³/mol. The second-order valence-electron chi connectivity index (χ2n) is 20.7. The monoisotopic (exact) mass is 1080 g/mol. The number of ether oxygens (including phenoxy) is 6. The molecule has 11 rings (SSSR count). The highest BCUT2D eigenvalue weighted by atomic mass is 16.7. The molecule has 17 heteroatoms. The Morgan fingerprint density at radius 1 is 0.762 bits per heavy atom. The first kappa shape index (κ1) is 53.3. The van der Waals surface area contributed by atoms with E-state index in [1.165, 1.54) is 7.11 Å². The maximum Gasteiger partial charge on any atom is 0.329 e. The zero-order chi connectivity index (χ0) is 55.7. The van der Waals surface area contributed by atoms with E-state index in [-0.39, 0.29) is 50.1 Å². The summed E-state index contributed by atoms with van der Waals surface area (Å²) >= 11 is 0. The zero-order valence-corrected chi connectivity index (χ0v) is 44.8. The molecule has 0 bridgehead atoms. The number of piperazine rings is 1. The number of methoxy groups -OCH3 is 2. The van der Waals surface area contributed by atoms with E-state index in [9.17, 15) is 9.90 Å². The third kappa shape index (κ3) is 9.62. The number of nitrogens with one attached hydrogen (secondary N) is 1. The van der Waals surface area contributed by atoms with Crippen LogP contribution < -0.4 is 29.2 Å². The van der Waals surface area contributed by atoms with Crippen LogP contribution in [0.5, 0.6) is 23.0 Å². The van der Waals surface area contributed by atoms with Gasteiger partial charge in [0.25, 0.3) is 0 Å². The van der Waals surface area contributed by atoms with Gasteiger partial charge in [0.15, 0.2) is 11.5 Å². The highest BCUT2D eigenvalue weighted by Gasteiger charge is 2.76. The number of imide groups is 1. The summed E-state index contributed by atoms with van der Waals surface area (Å²) in [6, 6.07) is 38.3. The van der Waals surface area contributed by atoms with E-state index in [2.05, 4.69) is 22.1 Å². The van der Waals surface area contributed by atoms with Crippen LogP contribution in [0.15, 0.2) is 146 Å². The second-order valence-corrected chi connectivity index (χ2v) is 20.7. The number of esters is 2. The number of nitrogens with zero attached hydrogens (tertiary/aromatic N) is 4. The number of aliphatic hydroxyl groups is 1. The van der Waals surface area contributed by atoms with Crippen molar-refractivity contribution in [2.45, 2.75) is 56.1 Å². The van der Waals surface area contributed by atoms with Crippen LogP contribution in [0.2, 0.25) is 0 Å². The minimum atomic E-state index is -2.16. The number of anilines is 1. The molecule has 80 heavy (non-hydrogen) atoms. The van der Waals surface area contributed by atoms with E-state index in [1.54, 1.807) is 80.5 Å². The third-order valence-corrected chi connectivity index (χ3v) is 15.9. The number of amides is 4. The molecule has 17 nitrogen and oxygen atoms in total. The summed E-state index contributed by atoms with van der Waals surface area (Å²) < 4.78 is 34.9. The predicted octanol–water partition coefficient (Wildman–Crippen LogP) is 7.11. The summed E-state index contributed by atoms with van der Waals surface area (Å²) in [6.07, 6.45) is -0.982. The number of para-hydroxylation sites is 1. The van der Waals surface area contributed by atoms with Crippen molar-refractivity contribution < 1.29 is 57.5 Å². The number of rotatable bonds is 13. The lowest BCUT2D eigenvalue weighted by Crippen LogP contribution is -2.59. The molecule has 3 fully saturated rings. The Kier molecular flexibility index (Phi) is 15.0. The van der Waals surface area contributed by atoms with E-state index in [1.807, 2.05) is 95.9 Å². The standard InChI is InChI=1S/C63H61N5O12/c1-39(2)53(59(71)76-4)64-62(74)67-48-27-23-41(20-19-40-21-25-45(75-3)26-22-40)35-47(48)63(61(67)73)52(58(70)66-31-29-65(30-32-66)37-42-24-28-50-51(36-42)79-38-78-50)55-60(72)80-56(44-15-9-6-10-16-44)54(43-13-7-5-8-14-43)68(55)57(63)46-17-11-12-18-49(46)77-34-33-69/h5-18,21-28,35-36,39,52-57,69H,29-34,37-38H2,1-4H3,(H,64,74)/t52-,53+,54-,55-,56+,57+,63-/m1/s1. The Labute approximate surface area is 463 Å². The van der Waals surface area contributed by atoms with E-state index in [0.717, 1.165) is 16.0 Å². The molecule has 410 valence electrons. The maximum absolute atomic E-state index is 17.1. The van der Waals surface area contributed by atoms with Crippen molar-refractivity contribution in [1.82, 2.24) is 20.0 Å². The summed E-state index contributed by atoms with van der Waals surface area (Å²) in [7, 11) is 2.80. The molecule has 3 saturated heterocycles. The molecule has 2 N–H and O–H groups in total. The normalized spacial score (nSPS) is 22.4. The molecule has 6 aromatic rings. The summed E-state index contributed by atoms with van der Waals surface area (Å²) in [5.74, 6) is 3.90. The average molecular weight is 1080 g/mol. The fraction of sp³-hybridized carbons (Fsp3) is 0.317. The van der Waals surface area contributed by atoms with E-state index >= 15 is 19.2 Å². The van der Waals surface area contributed by atoms with Crippen LogP contribution in [0.3, 0.4) is 0 Å². The fourth-order valence-corrected chi connectivity index (χ4v) is 12.2. The van der Waals surface area contributed by atoms with Gasteiger partial charge in [0, 0.05) is 49.4 Å². The topological polar surface area (TPSA) is 186 Å². The molecule has 7 atom stereocenters. The summed E-state index contributed by atoms with van der Waals surface area (Å²) in [6.45, 7) is 5.03. The van der Waals surface area contributed by atoms with Gasteiger partial charge in [-0.1, -0.05) is 111 Å². The number of carbonyl (C=O) groups excluding carboxylic acids is 5. The number of fused-ring (bicyclic) bond motifs is 4. The fourth-order valence-electron chi connectivity index (χ4n) is 12.2. The first-order chi connectivity index (χ1) is 38.9.